The molecule has 0 spiro atoms. The summed E-state index contributed by atoms with van der Waals surface area (Å²) in [5.41, 5.74) is 1.16. The Kier molecular flexibility index (Phi) is 5.37. The lowest BCUT2D eigenvalue weighted by Gasteiger charge is -2.28. The Hall–Kier alpha value is -1.39. The lowest BCUT2D eigenvalue weighted by atomic mass is 10.1. The van der Waals surface area contributed by atoms with Crippen LogP contribution < -0.4 is 5.32 Å². The Morgan fingerprint density at radius 1 is 1.29 bits per heavy atom. The van der Waals surface area contributed by atoms with E-state index in [1.807, 2.05) is 23.1 Å². The van der Waals surface area contributed by atoms with Gasteiger partial charge in [0.25, 0.3) is 0 Å². The second-order valence-electron chi connectivity index (χ2n) is 6.05. The number of hydrogen-bond donors (Lipinski definition) is 1. The van der Waals surface area contributed by atoms with Crippen molar-refractivity contribution < 1.29 is 4.79 Å². The first-order valence-corrected chi connectivity index (χ1v) is 7.86. The van der Waals surface area contributed by atoms with Crippen molar-refractivity contribution >= 4 is 5.91 Å². The van der Waals surface area contributed by atoms with Gasteiger partial charge in [-0.1, -0.05) is 37.3 Å². The number of carbonyl (C=O) groups is 1. The molecule has 1 aromatic carbocycles. The summed E-state index contributed by atoms with van der Waals surface area (Å²) >= 11 is 0. The molecule has 1 aliphatic heterocycles. The molecule has 1 saturated heterocycles. The van der Waals surface area contributed by atoms with E-state index in [1.165, 1.54) is 0 Å². The number of likely N-dealkylation sites (N-methyl/N-ethyl adjacent to an activating group) is 1. The molecule has 0 aromatic heterocycles. The molecular weight excluding hydrogens is 262 g/mol. The summed E-state index contributed by atoms with van der Waals surface area (Å²) in [6, 6.07) is 10.7. The van der Waals surface area contributed by atoms with Crippen molar-refractivity contribution in [3.8, 4) is 0 Å². The molecule has 1 amide bonds. The third-order valence-corrected chi connectivity index (χ3v) is 4.35. The van der Waals surface area contributed by atoms with Gasteiger partial charge in [0.2, 0.25) is 5.91 Å². The molecule has 2 unspecified atom stereocenters. The fourth-order valence-electron chi connectivity index (χ4n) is 2.65. The van der Waals surface area contributed by atoms with Gasteiger partial charge in [0, 0.05) is 19.1 Å². The first-order valence-electron chi connectivity index (χ1n) is 7.86. The van der Waals surface area contributed by atoms with Crippen LogP contribution in [0.25, 0.3) is 0 Å². The fourth-order valence-corrected chi connectivity index (χ4v) is 2.65. The zero-order valence-corrected chi connectivity index (χ0v) is 13.5. The molecular formula is C17H27N3O. The molecule has 2 atom stereocenters. The highest BCUT2D eigenvalue weighted by Crippen LogP contribution is 2.26. The molecule has 21 heavy (non-hydrogen) atoms. The Morgan fingerprint density at radius 3 is 2.52 bits per heavy atom. The average Bonchev–Trinajstić information content (AvgIpc) is 2.81. The first kappa shape index (κ1) is 16.0. The van der Waals surface area contributed by atoms with Crippen molar-refractivity contribution in [1.29, 1.82) is 0 Å². The number of hydrogen-bond acceptors (Lipinski definition) is 3. The van der Waals surface area contributed by atoms with Crippen molar-refractivity contribution in [2.24, 2.45) is 0 Å². The summed E-state index contributed by atoms with van der Waals surface area (Å²) in [6.45, 7) is 8.06. The van der Waals surface area contributed by atoms with E-state index in [1.54, 1.807) is 0 Å². The molecule has 1 N–H and O–H groups in total. The number of carbonyl (C=O) groups excluding carboxylic acids is 1. The maximum atomic E-state index is 12.5. The lowest BCUT2D eigenvalue weighted by molar-refractivity contribution is -0.130. The van der Waals surface area contributed by atoms with Crippen LogP contribution in [0.2, 0.25) is 0 Å². The van der Waals surface area contributed by atoms with Crippen LogP contribution in [0.15, 0.2) is 30.3 Å². The summed E-state index contributed by atoms with van der Waals surface area (Å²) in [4.78, 5) is 16.8. The molecule has 0 aliphatic carbocycles. The van der Waals surface area contributed by atoms with Gasteiger partial charge in [0.15, 0.2) is 0 Å². The van der Waals surface area contributed by atoms with Crippen molar-refractivity contribution in [2.75, 3.05) is 20.1 Å². The Bertz CT molecular complexity index is 460. The predicted octanol–water partition coefficient (Wildman–Crippen LogP) is 2.24. The summed E-state index contributed by atoms with van der Waals surface area (Å²) in [7, 11) is 2.10. The summed E-state index contributed by atoms with van der Waals surface area (Å²) in [6.07, 6.45) is 0.836. The van der Waals surface area contributed by atoms with Crippen LogP contribution in [0.1, 0.15) is 38.9 Å². The zero-order valence-electron chi connectivity index (χ0n) is 13.5. The Labute approximate surface area is 128 Å². The Balaban J connectivity index is 2.12. The largest absolute Gasteiger partial charge is 0.320 e. The highest BCUT2D eigenvalue weighted by Gasteiger charge is 2.38. The van der Waals surface area contributed by atoms with Gasteiger partial charge in [-0.15, -0.1) is 0 Å². The van der Waals surface area contributed by atoms with Crippen LogP contribution in [0.3, 0.4) is 0 Å². The quantitative estimate of drug-likeness (QED) is 0.872. The van der Waals surface area contributed by atoms with E-state index in [-0.39, 0.29) is 18.1 Å². The van der Waals surface area contributed by atoms with Crippen LogP contribution in [-0.2, 0) is 4.79 Å². The second kappa shape index (κ2) is 7.05. The maximum absolute atomic E-state index is 12.5. The van der Waals surface area contributed by atoms with E-state index in [9.17, 15) is 4.79 Å². The van der Waals surface area contributed by atoms with E-state index in [4.69, 9.17) is 0 Å². The Morgan fingerprint density at radius 2 is 1.95 bits per heavy atom. The monoisotopic (exact) mass is 289 g/mol. The van der Waals surface area contributed by atoms with Crippen LogP contribution in [0, 0.1) is 0 Å². The van der Waals surface area contributed by atoms with Crippen LogP contribution in [0.4, 0.5) is 0 Å². The molecule has 2 rings (SSSR count). The van der Waals surface area contributed by atoms with Crippen molar-refractivity contribution in [1.82, 2.24) is 15.1 Å². The highest BCUT2D eigenvalue weighted by molar-refractivity contribution is 5.84. The maximum Gasteiger partial charge on any atom is 0.241 e. The van der Waals surface area contributed by atoms with Crippen LogP contribution in [0.5, 0.6) is 0 Å². The van der Waals surface area contributed by atoms with Crippen LogP contribution in [-0.4, -0.2) is 47.9 Å². The van der Waals surface area contributed by atoms with Gasteiger partial charge in [-0.25, -0.2) is 0 Å². The minimum Gasteiger partial charge on any atom is -0.320 e. The van der Waals surface area contributed by atoms with Crippen LogP contribution >= 0.6 is 0 Å². The number of rotatable bonds is 6. The van der Waals surface area contributed by atoms with E-state index >= 15 is 0 Å². The number of nitrogens with one attached hydrogen (secondary N) is 1. The van der Waals surface area contributed by atoms with Gasteiger partial charge in [-0.05, 0) is 32.9 Å². The summed E-state index contributed by atoms with van der Waals surface area (Å²) < 4.78 is 0. The number of amides is 1. The lowest BCUT2D eigenvalue weighted by Crippen LogP contribution is -2.39. The molecule has 116 valence electrons. The van der Waals surface area contributed by atoms with E-state index in [0.717, 1.165) is 25.1 Å². The van der Waals surface area contributed by atoms with E-state index < -0.39 is 0 Å². The number of nitrogens with zero attached hydrogens (tertiary/aromatic N) is 2. The van der Waals surface area contributed by atoms with Gasteiger partial charge in [0.05, 0.1) is 6.04 Å². The third kappa shape index (κ3) is 3.63. The summed E-state index contributed by atoms with van der Waals surface area (Å²) in [5.74, 6) is 0.225. The standard InChI is InChI=1S/C17H27N3O/c1-5-15-17(21)20(12-11-19(4)13(2)3)16(18-15)14-9-7-6-8-10-14/h6-10,13,15-16,18H,5,11-12H2,1-4H3. The predicted molar refractivity (Wildman–Crippen MR) is 85.9 cm³/mol. The molecule has 4 heteroatoms. The van der Waals surface area contributed by atoms with Gasteiger partial charge in [-0.3, -0.25) is 10.1 Å². The van der Waals surface area contributed by atoms with Crippen molar-refractivity contribution in [3.05, 3.63) is 35.9 Å². The van der Waals surface area contributed by atoms with E-state index in [2.05, 4.69) is 50.2 Å². The summed E-state index contributed by atoms with van der Waals surface area (Å²) in [5, 5.41) is 3.47. The fraction of sp³-hybridized carbons (Fsp3) is 0.588. The van der Waals surface area contributed by atoms with Gasteiger partial charge in [-0.2, -0.15) is 0 Å². The second-order valence-corrected chi connectivity index (χ2v) is 6.05. The minimum atomic E-state index is -0.0560. The van der Waals surface area contributed by atoms with Crippen molar-refractivity contribution in [3.63, 3.8) is 0 Å². The SMILES string of the molecule is CCC1NC(c2ccccc2)N(CCN(C)C(C)C)C1=O. The van der Waals surface area contributed by atoms with Gasteiger partial charge >= 0.3 is 0 Å². The van der Waals surface area contributed by atoms with Gasteiger partial charge in [0.1, 0.15) is 6.17 Å². The molecule has 0 saturated carbocycles. The molecule has 1 aromatic rings. The topological polar surface area (TPSA) is 35.6 Å². The minimum absolute atomic E-state index is 0.00390. The first-order chi connectivity index (χ1) is 10.0. The normalized spacial score (nSPS) is 22.6. The average molecular weight is 289 g/mol. The molecule has 1 fully saturated rings. The molecule has 1 heterocycles. The smallest absolute Gasteiger partial charge is 0.241 e. The molecule has 0 radical (unpaired) electrons. The third-order valence-electron chi connectivity index (χ3n) is 4.35. The molecule has 4 nitrogen and oxygen atoms in total. The van der Waals surface area contributed by atoms with Gasteiger partial charge < -0.3 is 9.80 Å². The van der Waals surface area contributed by atoms with Crippen molar-refractivity contribution in [2.45, 2.75) is 45.4 Å². The highest BCUT2D eigenvalue weighted by atomic mass is 16.2. The van der Waals surface area contributed by atoms with E-state index in [0.29, 0.717) is 6.04 Å². The molecule has 0 bridgehead atoms. The number of benzene rings is 1. The zero-order chi connectivity index (χ0) is 15.4. The molecule has 1 aliphatic rings.